The van der Waals surface area contributed by atoms with E-state index in [1.165, 1.54) is 25.3 Å². The SMILES string of the molecule is Nc1cccc(OCC2CCCCC2)c1[N+](=O)[O-]. The third-order valence-corrected chi connectivity index (χ3v) is 3.41. The Morgan fingerprint density at radius 2 is 2.06 bits per heavy atom. The molecular weight excluding hydrogens is 232 g/mol. The summed E-state index contributed by atoms with van der Waals surface area (Å²) >= 11 is 0. The number of nitro groups is 1. The number of nitrogen functional groups attached to an aromatic ring is 1. The van der Waals surface area contributed by atoms with E-state index in [4.69, 9.17) is 10.5 Å². The van der Waals surface area contributed by atoms with E-state index in [0.29, 0.717) is 12.5 Å². The number of anilines is 1. The van der Waals surface area contributed by atoms with Crippen molar-refractivity contribution < 1.29 is 9.66 Å². The summed E-state index contributed by atoms with van der Waals surface area (Å²) in [5.41, 5.74) is 5.65. The highest BCUT2D eigenvalue weighted by Gasteiger charge is 2.21. The molecule has 2 N–H and O–H groups in total. The van der Waals surface area contributed by atoms with Gasteiger partial charge in [-0.05, 0) is 30.9 Å². The molecule has 0 aromatic heterocycles. The highest BCUT2D eigenvalue weighted by molar-refractivity contribution is 5.65. The topological polar surface area (TPSA) is 78.4 Å². The first kappa shape index (κ1) is 12.7. The van der Waals surface area contributed by atoms with Gasteiger partial charge in [-0.25, -0.2) is 0 Å². The summed E-state index contributed by atoms with van der Waals surface area (Å²) in [4.78, 5) is 10.5. The Labute approximate surface area is 106 Å². The maximum Gasteiger partial charge on any atom is 0.333 e. The number of rotatable bonds is 4. The van der Waals surface area contributed by atoms with Gasteiger partial charge in [-0.3, -0.25) is 10.1 Å². The highest BCUT2D eigenvalue weighted by atomic mass is 16.6. The van der Waals surface area contributed by atoms with Crippen molar-refractivity contribution in [3.8, 4) is 5.75 Å². The van der Waals surface area contributed by atoms with Crippen LogP contribution in [0.5, 0.6) is 5.75 Å². The van der Waals surface area contributed by atoms with Crippen molar-refractivity contribution in [2.45, 2.75) is 32.1 Å². The summed E-state index contributed by atoms with van der Waals surface area (Å²) < 4.78 is 5.60. The van der Waals surface area contributed by atoms with Gasteiger partial charge < -0.3 is 10.5 Å². The van der Waals surface area contributed by atoms with E-state index in [1.807, 2.05) is 0 Å². The summed E-state index contributed by atoms with van der Waals surface area (Å²) in [5.74, 6) is 0.797. The second-order valence-electron chi connectivity index (χ2n) is 4.77. The molecule has 0 atom stereocenters. The molecule has 0 spiro atoms. The van der Waals surface area contributed by atoms with E-state index in [9.17, 15) is 10.1 Å². The summed E-state index contributed by atoms with van der Waals surface area (Å²) in [6, 6.07) is 4.81. The monoisotopic (exact) mass is 250 g/mol. The number of nitrogens with zero attached hydrogens (tertiary/aromatic N) is 1. The van der Waals surface area contributed by atoms with Crippen LogP contribution in [0.1, 0.15) is 32.1 Å². The number of hydrogen-bond donors (Lipinski definition) is 1. The van der Waals surface area contributed by atoms with Crippen LogP contribution >= 0.6 is 0 Å². The quantitative estimate of drug-likeness (QED) is 0.506. The zero-order chi connectivity index (χ0) is 13.0. The van der Waals surface area contributed by atoms with Crippen molar-refractivity contribution in [2.75, 3.05) is 12.3 Å². The van der Waals surface area contributed by atoms with Gasteiger partial charge >= 0.3 is 5.69 Å². The Kier molecular flexibility index (Phi) is 4.02. The lowest BCUT2D eigenvalue weighted by Crippen LogP contribution is -2.15. The number of benzene rings is 1. The lowest BCUT2D eigenvalue weighted by atomic mass is 9.90. The van der Waals surface area contributed by atoms with Gasteiger partial charge in [0.15, 0.2) is 5.75 Å². The maximum atomic E-state index is 10.9. The first-order valence-corrected chi connectivity index (χ1v) is 6.34. The lowest BCUT2D eigenvalue weighted by molar-refractivity contribution is -0.384. The zero-order valence-corrected chi connectivity index (χ0v) is 10.3. The molecule has 1 fully saturated rings. The molecule has 1 aromatic carbocycles. The van der Waals surface area contributed by atoms with E-state index in [1.54, 1.807) is 12.1 Å². The maximum absolute atomic E-state index is 10.9. The molecule has 0 amide bonds. The van der Waals surface area contributed by atoms with E-state index >= 15 is 0 Å². The fraction of sp³-hybridized carbons (Fsp3) is 0.538. The first-order chi connectivity index (χ1) is 8.68. The van der Waals surface area contributed by atoms with E-state index in [-0.39, 0.29) is 17.1 Å². The molecule has 5 nitrogen and oxygen atoms in total. The Balaban J connectivity index is 2.04. The van der Waals surface area contributed by atoms with E-state index in [0.717, 1.165) is 12.8 Å². The van der Waals surface area contributed by atoms with E-state index < -0.39 is 4.92 Å². The highest BCUT2D eigenvalue weighted by Crippen LogP contribution is 2.33. The van der Waals surface area contributed by atoms with Crippen LogP contribution in [0, 0.1) is 16.0 Å². The van der Waals surface area contributed by atoms with Gasteiger partial charge in [0.25, 0.3) is 0 Å². The minimum absolute atomic E-state index is 0.117. The molecule has 0 radical (unpaired) electrons. The van der Waals surface area contributed by atoms with Crippen LogP contribution < -0.4 is 10.5 Å². The van der Waals surface area contributed by atoms with Crippen LogP contribution in [0.15, 0.2) is 18.2 Å². The van der Waals surface area contributed by atoms with Gasteiger partial charge in [-0.2, -0.15) is 0 Å². The lowest BCUT2D eigenvalue weighted by Gasteiger charge is -2.21. The third kappa shape index (κ3) is 2.91. The molecule has 1 aromatic rings. The third-order valence-electron chi connectivity index (χ3n) is 3.41. The standard InChI is InChI=1S/C13H18N2O3/c14-11-7-4-8-12(13(11)15(16)17)18-9-10-5-2-1-3-6-10/h4,7-8,10H,1-3,5-6,9,14H2. The van der Waals surface area contributed by atoms with Crippen molar-refractivity contribution in [1.82, 2.24) is 0 Å². The summed E-state index contributed by atoms with van der Waals surface area (Å²) in [6.07, 6.45) is 6.04. The molecule has 0 aliphatic heterocycles. The number of nitrogens with two attached hydrogens (primary N) is 1. The van der Waals surface area contributed by atoms with Crippen LogP contribution in [-0.4, -0.2) is 11.5 Å². The molecular formula is C13H18N2O3. The fourth-order valence-electron chi connectivity index (χ4n) is 2.41. The molecule has 1 saturated carbocycles. The number of hydrogen-bond acceptors (Lipinski definition) is 4. The Bertz CT molecular complexity index is 428. The largest absolute Gasteiger partial charge is 0.486 e. The van der Waals surface area contributed by atoms with Crippen molar-refractivity contribution in [3.05, 3.63) is 28.3 Å². The Hall–Kier alpha value is -1.78. The van der Waals surface area contributed by atoms with Gasteiger partial charge in [0.2, 0.25) is 0 Å². The van der Waals surface area contributed by atoms with Crippen molar-refractivity contribution in [1.29, 1.82) is 0 Å². The minimum atomic E-state index is -0.481. The average Bonchev–Trinajstić information content (AvgIpc) is 2.37. The van der Waals surface area contributed by atoms with Gasteiger partial charge in [0, 0.05) is 0 Å². The minimum Gasteiger partial charge on any atom is -0.486 e. The molecule has 2 rings (SSSR count). The van der Waals surface area contributed by atoms with E-state index in [2.05, 4.69) is 0 Å². The predicted molar refractivity (Wildman–Crippen MR) is 69.6 cm³/mol. The van der Waals surface area contributed by atoms with Crippen molar-refractivity contribution in [2.24, 2.45) is 5.92 Å². The van der Waals surface area contributed by atoms with Gasteiger partial charge in [-0.15, -0.1) is 0 Å². The van der Waals surface area contributed by atoms with Gasteiger partial charge in [0.05, 0.1) is 11.5 Å². The molecule has 0 unspecified atom stereocenters. The molecule has 0 heterocycles. The summed E-state index contributed by atoms with van der Waals surface area (Å²) in [6.45, 7) is 0.546. The Morgan fingerprint density at radius 3 is 2.72 bits per heavy atom. The molecule has 0 bridgehead atoms. The molecule has 5 heteroatoms. The van der Waals surface area contributed by atoms with Crippen LogP contribution in [-0.2, 0) is 0 Å². The smallest absolute Gasteiger partial charge is 0.333 e. The van der Waals surface area contributed by atoms with Crippen LogP contribution in [0.3, 0.4) is 0 Å². The predicted octanol–water partition coefficient (Wildman–Crippen LogP) is 3.14. The fourth-order valence-corrected chi connectivity index (χ4v) is 2.41. The van der Waals surface area contributed by atoms with Gasteiger partial charge in [-0.1, -0.05) is 25.3 Å². The zero-order valence-electron chi connectivity index (χ0n) is 10.3. The van der Waals surface area contributed by atoms with Crippen LogP contribution in [0.2, 0.25) is 0 Å². The van der Waals surface area contributed by atoms with Crippen LogP contribution in [0.25, 0.3) is 0 Å². The molecule has 1 aliphatic carbocycles. The first-order valence-electron chi connectivity index (χ1n) is 6.34. The van der Waals surface area contributed by atoms with Crippen molar-refractivity contribution >= 4 is 11.4 Å². The average molecular weight is 250 g/mol. The number of para-hydroxylation sites is 1. The molecule has 1 aliphatic rings. The summed E-state index contributed by atoms with van der Waals surface area (Å²) in [7, 11) is 0. The van der Waals surface area contributed by atoms with Crippen LogP contribution in [0.4, 0.5) is 11.4 Å². The number of ether oxygens (including phenoxy) is 1. The molecule has 0 saturated heterocycles. The number of nitro benzene ring substituents is 1. The summed E-state index contributed by atoms with van der Waals surface area (Å²) in [5, 5.41) is 10.9. The molecule has 98 valence electrons. The van der Waals surface area contributed by atoms with Gasteiger partial charge in [0.1, 0.15) is 5.69 Å². The molecule has 18 heavy (non-hydrogen) atoms. The second kappa shape index (κ2) is 5.71. The normalized spacial score (nSPS) is 16.4. The Morgan fingerprint density at radius 1 is 1.33 bits per heavy atom. The second-order valence-corrected chi connectivity index (χ2v) is 4.77. The van der Waals surface area contributed by atoms with Crippen molar-refractivity contribution in [3.63, 3.8) is 0 Å².